The molecule has 166 valence electrons. The summed E-state index contributed by atoms with van der Waals surface area (Å²) in [5.74, 6) is 0.109. The van der Waals surface area contributed by atoms with Crippen molar-refractivity contribution in [2.24, 2.45) is 7.05 Å². The predicted molar refractivity (Wildman–Crippen MR) is 137 cm³/mol. The zero-order chi connectivity index (χ0) is 23.0. The van der Waals surface area contributed by atoms with Gasteiger partial charge in [0.05, 0.1) is 0 Å². The molecule has 1 N–H and O–H groups in total. The first-order valence-electron chi connectivity index (χ1n) is 11.7. The molecule has 2 aliphatic heterocycles. The van der Waals surface area contributed by atoms with E-state index < -0.39 is 5.66 Å². The molecule has 0 unspecified atom stereocenters. The summed E-state index contributed by atoms with van der Waals surface area (Å²) < 4.78 is 2.25. The molecule has 0 saturated carbocycles. The minimum absolute atomic E-state index is 0.109. The summed E-state index contributed by atoms with van der Waals surface area (Å²) in [5.41, 5.74) is 6.49. The Morgan fingerprint density at radius 3 is 2.61 bits per heavy atom. The van der Waals surface area contributed by atoms with Crippen molar-refractivity contribution in [3.63, 3.8) is 0 Å². The average molecular weight is 436 g/mol. The SMILES string of the molecule is Cc1ccc2c(c1)C(C)(C)[C@@]1(/C=C/c3ccc4c(c3)c3ccccc3n4C)NC(=O)CCN21. The number of para-hydroxylation sites is 1. The summed E-state index contributed by atoms with van der Waals surface area (Å²) in [7, 11) is 2.12. The monoisotopic (exact) mass is 435 g/mol. The van der Waals surface area contributed by atoms with Gasteiger partial charge in [0.15, 0.2) is 0 Å². The summed E-state index contributed by atoms with van der Waals surface area (Å²) in [6, 6.07) is 21.8. The van der Waals surface area contributed by atoms with Crippen LogP contribution in [0.3, 0.4) is 0 Å². The third-order valence-electron chi connectivity index (χ3n) is 7.84. The Morgan fingerprint density at radius 2 is 1.76 bits per heavy atom. The number of aryl methyl sites for hydroxylation is 2. The number of nitrogens with zero attached hydrogens (tertiary/aromatic N) is 2. The fourth-order valence-corrected chi connectivity index (χ4v) is 5.97. The molecule has 3 heterocycles. The van der Waals surface area contributed by atoms with E-state index >= 15 is 0 Å². The largest absolute Gasteiger partial charge is 0.344 e. The summed E-state index contributed by atoms with van der Waals surface area (Å²) in [6.45, 7) is 7.34. The van der Waals surface area contributed by atoms with Gasteiger partial charge in [-0.1, -0.05) is 61.9 Å². The van der Waals surface area contributed by atoms with Gasteiger partial charge in [-0.15, -0.1) is 0 Å². The number of amides is 1. The maximum Gasteiger partial charge on any atom is 0.223 e. The Morgan fingerprint density at radius 1 is 0.970 bits per heavy atom. The van der Waals surface area contributed by atoms with Crippen molar-refractivity contribution in [2.45, 2.75) is 38.3 Å². The van der Waals surface area contributed by atoms with E-state index in [1.54, 1.807) is 0 Å². The molecule has 1 aromatic heterocycles. The molecule has 1 atom stereocenters. The second-order valence-electron chi connectivity index (χ2n) is 10.0. The Kier molecular flexibility index (Phi) is 4.10. The van der Waals surface area contributed by atoms with Crippen molar-refractivity contribution in [1.82, 2.24) is 9.88 Å². The van der Waals surface area contributed by atoms with E-state index in [2.05, 4.69) is 115 Å². The zero-order valence-electron chi connectivity index (χ0n) is 19.6. The van der Waals surface area contributed by atoms with Crippen molar-refractivity contribution in [3.05, 3.63) is 83.4 Å². The van der Waals surface area contributed by atoms with Crippen LogP contribution >= 0.6 is 0 Å². The molecule has 1 amide bonds. The lowest BCUT2D eigenvalue weighted by Crippen LogP contribution is -2.68. The van der Waals surface area contributed by atoms with E-state index in [1.165, 1.54) is 38.6 Å². The van der Waals surface area contributed by atoms with Gasteiger partial charge in [0.25, 0.3) is 0 Å². The van der Waals surface area contributed by atoms with Crippen LogP contribution in [-0.2, 0) is 17.3 Å². The number of hydrogen-bond donors (Lipinski definition) is 1. The van der Waals surface area contributed by atoms with Crippen LogP contribution in [0.25, 0.3) is 27.9 Å². The van der Waals surface area contributed by atoms with Crippen LogP contribution in [0.5, 0.6) is 0 Å². The first-order valence-corrected chi connectivity index (χ1v) is 11.7. The van der Waals surface area contributed by atoms with E-state index in [0.29, 0.717) is 6.42 Å². The summed E-state index contributed by atoms with van der Waals surface area (Å²) in [5, 5.41) is 5.90. The molecular weight excluding hydrogens is 406 g/mol. The first-order chi connectivity index (χ1) is 15.8. The molecule has 3 aromatic carbocycles. The third kappa shape index (κ3) is 2.67. The zero-order valence-corrected chi connectivity index (χ0v) is 19.6. The normalized spacial score (nSPS) is 21.6. The number of benzene rings is 3. The maximum absolute atomic E-state index is 12.7. The van der Waals surface area contributed by atoms with Crippen LogP contribution in [0.4, 0.5) is 5.69 Å². The average Bonchev–Trinajstić information content (AvgIpc) is 3.19. The Labute approximate surface area is 194 Å². The fourth-order valence-electron chi connectivity index (χ4n) is 5.97. The number of fused-ring (bicyclic) bond motifs is 6. The first kappa shape index (κ1) is 20.1. The molecule has 0 aliphatic carbocycles. The van der Waals surface area contributed by atoms with Crippen molar-refractivity contribution < 1.29 is 4.79 Å². The van der Waals surface area contributed by atoms with E-state index in [0.717, 1.165) is 12.1 Å². The van der Waals surface area contributed by atoms with Gasteiger partial charge < -0.3 is 14.8 Å². The second-order valence-corrected chi connectivity index (χ2v) is 10.0. The van der Waals surface area contributed by atoms with Gasteiger partial charge >= 0.3 is 0 Å². The minimum Gasteiger partial charge on any atom is -0.344 e. The second kappa shape index (κ2) is 6.74. The van der Waals surface area contributed by atoms with Gasteiger partial charge in [-0.2, -0.15) is 0 Å². The highest BCUT2D eigenvalue weighted by atomic mass is 16.2. The van der Waals surface area contributed by atoms with Gasteiger partial charge in [-0.25, -0.2) is 0 Å². The molecular formula is C29H29N3O. The van der Waals surface area contributed by atoms with Crippen LogP contribution in [0.15, 0.2) is 66.7 Å². The van der Waals surface area contributed by atoms with E-state index in [1.807, 2.05) is 0 Å². The molecule has 0 spiro atoms. The molecule has 1 saturated heterocycles. The van der Waals surface area contributed by atoms with Gasteiger partial charge in [0.2, 0.25) is 5.91 Å². The summed E-state index contributed by atoms with van der Waals surface area (Å²) in [4.78, 5) is 15.1. The number of carbonyl (C=O) groups excluding carboxylic acids is 1. The lowest BCUT2D eigenvalue weighted by Gasteiger charge is -2.49. The molecule has 0 bridgehead atoms. The quantitative estimate of drug-likeness (QED) is 0.441. The van der Waals surface area contributed by atoms with E-state index in [9.17, 15) is 4.79 Å². The van der Waals surface area contributed by atoms with Crippen molar-refractivity contribution in [2.75, 3.05) is 11.4 Å². The van der Waals surface area contributed by atoms with Crippen molar-refractivity contribution in [1.29, 1.82) is 0 Å². The van der Waals surface area contributed by atoms with Crippen LogP contribution < -0.4 is 10.2 Å². The van der Waals surface area contributed by atoms with E-state index in [4.69, 9.17) is 0 Å². The van der Waals surface area contributed by atoms with Crippen LogP contribution in [0.1, 0.15) is 37.0 Å². The highest BCUT2D eigenvalue weighted by molar-refractivity contribution is 6.08. The number of rotatable bonds is 2. The van der Waals surface area contributed by atoms with Gasteiger partial charge in [-0.05, 0) is 48.4 Å². The van der Waals surface area contributed by atoms with Crippen molar-refractivity contribution >= 4 is 39.5 Å². The molecule has 2 aliphatic rings. The topological polar surface area (TPSA) is 37.3 Å². The molecule has 0 radical (unpaired) electrons. The molecule has 4 heteroatoms. The summed E-state index contributed by atoms with van der Waals surface area (Å²) in [6.07, 6.45) is 4.91. The highest BCUT2D eigenvalue weighted by Crippen LogP contribution is 2.52. The molecule has 33 heavy (non-hydrogen) atoms. The number of aromatic nitrogens is 1. The molecule has 4 nitrogen and oxygen atoms in total. The molecule has 1 fully saturated rings. The van der Waals surface area contributed by atoms with Gasteiger partial charge in [0, 0.05) is 52.9 Å². The Hall–Kier alpha value is -3.53. The minimum atomic E-state index is -0.591. The lowest BCUT2D eigenvalue weighted by molar-refractivity contribution is -0.124. The molecule has 4 aromatic rings. The highest BCUT2D eigenvalue weighted by Gasteiger charge is 2.57. The summed E-state index contributed by atoms with van der Waals surface area (Å²) >= 11 is 0. The number of hydrogen-bond acceptors (Lipinski definition) is 2. The number of nitrogens with one attached hydrogen (secondary N) is 1. The standard InChI is InChI=1S/C29H29N3O/c1-19-9-11-26-23(17-19)28(2,3)29(30-27(33)14-16-32(26)29)15-13-20-10-12-25-22(18-20)21-7-5-6-8-24(21)31(25)4/h5-13,15,17-18H,14,16H2,1-4H3,(H,30,33)/b15-13+/t29-/m0/s1. The smallest absolute Gasteiger partial charge is 0.223 e. The maximum atomic E-state index is 12.7. The van der Waals surface area contributed by atoms with Gasteiger partial charge in [-0.3, -0.25) is 4.79 Å². The van der Waals surface area contributed by atoms with Gasteiger partial charge in [0.1, 0.15) is 5.66 Å². The van der Waals surface area contributed by atoms with E-state index in [-0.39, 0.29) is 11.3 Å². The predicted octanol–water partition coefficient (Wildman–Crippen LogP) is 5.67. The van der Waals surface area contributed by atoms with Crippen molar-refractivity contribution in [3.8, 4) is 0 Å². The number of anilines is 1. The Bertz CT molecular complexity index is 1480. The van der Waals surface area contributed by atoms with Crippen LogP contribution in [0.2, 0.25) is 0 Å². The van der Waals surface area contributed by atoms with Crippen LogP contribution in [-0.4, -0.2) is 22.7 Å². The third-order valence-corrected chi connectivity index (χ3v) is 7.84. The lowest BCUT2D eigenvalue weighted by atomic mass is 9.74. The Balaban J connectivity index is 1.49. The van der Waals surface area contributed by atoms with Crippen LogP contribution in [0, 0.1) is 6.92 Å². The fraction of sp³-hybridized carbons (Fsp3) is 0.276. The number of carbonyl (C=O) groups is 1. The molecule has 6 rings (SSSR count).